The summed E-state index contributed by atoms with van der Waals surface area (Å²) in [6.07, 6.45) is 3.43. The third kappa shape index (κ3) is 3.98. The molecule has 0 aromatic carbocycles. The molecule has 2 aromatic rings. The number of halogens is 2. The minimum absolute atomic E-state index is 0.387. The number of aromatic nitrogens is 2. The average Bonchev–Trinajstić information content (AvgIpc) is 2.57. The highest BCUT2D eigenvalue weighted by Gasteiger charge is 2.15. The van der Waals surface area contributed by atoms with Gasteiger partial charge in [0.05, 0.1) is 10.7 Å². The lowest BCUT2D eigenvalue weighted by Gasteiger charge is -2.23. The molecule has 2 aromatic heterocycles. The number of pyridine rings is 2. The highest BCUT2D eigenvalue weighted by atomic mass is 35.5. The van der Waals surface area contributed by atoms with Crippen molar-refractivity contribution < 1.29 is 9.13 Å². The Morgan fingerprint density at radius 3 is 2.91 bits per heavy atom. The van der Waals surface area contributed by atoms with Gasteiger partial charge in [0.25, 0.3) is 0 Å². The fourth-order valence-electron chi connectivity index (χ4n) is 2.66. The summed E-state index contributed by atoms with van der Waals surface area (Å²) in [5, 5.41) is 3.79. The van der Waals surface area contributed by atoms with Gasteiger partial charge >= 0.3 is 0 Å². The molecule has 1 saturated heterocycles. The largest absolute Gasteiger partial charge is 0.381 e. The second-order valence-corrected chi connectivity index (χ2v) is 6.19. The molecule has 0 atom stereocenters. The van der Waals surface area contributed by atoms with Crippen molar-refractivity contribution in [2.45, 2.75) is 19.8 Å². The summed E-state index contributed by atoms with van der Waals surface area (Å²) in [6.45, 7) is 4.51. The van der Waals surface area contributed by atoms with E-state index in [2.05, 4.69) is 15.3 Å². The predicted octanol–water partition coefficient (Wildman–Crippen LogP) is 4.08. The number of nitrogens with zero attached hydrogens (tertiary/aromatic N) is 2. The fourth-order valence-corrected chi connectivity index (χ4v) is 2.86. The first-order chi connectivity index (χ1) is 11.1. The zero-order valence-corrected chi connectivity index (χ0v) is 13.7. The van der Waals surface area contributed by atoms with Crippen LogP contribution in [0.1, 0.15) is 18.4 Å². The maximum Gasteiger partial charge on any atom is 0.213 e. The van der Waals surface area contributed by atoms with Gasteiger partial charge in [-0.2, -0.15) is 4.39 Å². The molecule has 6 heteroatoms. The van der Waals surface area contributed by atoms with Crippen LogP contribution in [-0.4, -0.2) is 29.7 Å². The Bertz CT molecular complexity index is 690. The van der Waals surface area contributed by atoms with Gasteiger partial charge in [0.2, 0.25) is 5.95 Å². The second kappa shape index (κ2) is 7.23. The first-order valence-corrected chi connectivity index (χ1v) is 8.12. The van der Waals surface area contributed by atoms with Gasteiger partial charge in [0.1, 0.15) is 5.82 Å². The van der Waals surface area contributed by atoms with Crippen molar-refractivity contribution in [2.75, 3.05) is 25.1 Å². The summed E-state index contributed by atoms with van der Waals surface area (Å²) >= 11 is 6.12. The summed E-state index contributed by atoms with van der Waals surface area (Å²) < 4.78 is 18.8. The highest BCUT2D eigenvalue weighted by molar-refractivity contribution is 6.33. The molecule has 23 heavy (non-hydrogen) atoms. The number of ether oxygens (including phenoxy) is 1. The Kier molecular flexibility index (Phi) is 5.08. The molecule has 1 aliphatic heterocycles. The summed E-state index contributed by atoms with van der Waals surface area (Å²) in [5.74, 6) is 0.835. The van der Waals surface area contributed by atoms with Crippen molar-refractivity contribution in [3.05, 3.63) is 40.9 Å². The third-order valence-electron chi connectivity index (χ3n) is 4.09. The first-order valence-electron chi connectivity index (χ1n) is 7.74. The molecule has 0 aliphatic carbocycles. The Hall–Kier alpha value is -1.72. The lowest BCUT2D eigenvalue weighted by Crippen LogP contribution is -2.23. The van der Waals surface area contributed by atoms with Crippen molar-refractivity contribution in [1.29, 1.82) is 0 Å². The maximum absolute atomic E-state index is 13.4. The van der Waals surface area contributed by atoms with Crippen molar-refractivity contribution >= 4 is 17.4 Å². The second-order valence-electron chi connectivity index (χ2n) is 5.79. The molecule has 3 rings (SSSR count). The van der Waals surface area contributed by atoms with Crippen LogP contribution in [0.25, 0.3) is 11.3 Å². The van der Waals surface area contributed by atoms with E-state index in [1.807, 2.05) is 19.1 Å². The number of rotatable bonds is 4. The summed E-state index contributed by atoms with van der Waals surface area (Å²) in [6, 6.07) is 5.11. The van der Waals surface area contributed by atoms with Crippen LogP contribution in [0.4, 0.5) is 10.2 Å². The maximum atomic E-state index is 13.4. The lowest BCUT2D eigenvalue weighted by atomic mass is 10.0. The van der Waals surface area contributed by atoms with E-state index in [0.29, 0.717) is 22.2 Å². The predicted molar refractivity (Wildman–Crippen MR) is 89.2 cm³/mol. The molecule has 1 fully saturated rings. The third-order valence-corrected chi connectivity index (χ3v) is 4.40. The lowest BCUT2D eigenvalue weighted by molar-refractivity contribution is 0.0699. The van der Waals surface area contributed by atoms with Gasteiger partial charge in [-0.15, -0.1) is 0 Å². The van der Waals surface area contributed by atoms with Crippen LogP contribution in [0.3, 0.4) is 0 Å². The average molecular weight is 336 g/mol. The minimum atomic E-state index is -0.566. The zero-order valence-electron chi connectivity index (χ0n) is 13.0. The Balaban J connectivity index is 1.79. The quantitative estimate of drug-likeness (QED) is 0.855. The Morgan fingerprint density at radius 2 is 2.13 bits per heavy atom. The fraction of sp³-hybridized carbons (Fsp3) is 0.412. The van der Waals surface area contributed by atoms with Crippen LogP contribution in [0.2, 0.25) is 5.02 Å². The summed E-state index contributed by atoms with van der Waals surface area (Å²) in [5.41, 5.74) is 2.23. The van der Waals surface area contributed by atoms with E-state index >= 15 is 0 Å². The topological polar surface area (TPSA) is 47.0 Å². The van der Waals surface area contributed by atoms with Gasteiger partial charge < -0.3 is 10.1 Å². The Labute approximate surface area is 140 Å². The molecule has 0 saturated carbocycles. The van der Waals surface area contributed by atoms with Gasteiger partial charge in [0.15, 0.2) is 0 Å². The molecule has 0 bridgehead atoms. The van der Waals surface area contributed by atoms with Gasteiger partial charge in [-0.05, 0) is 37.3 Å². The van der Waals surface area contributed by atoms with E-state index in [9.17, 15) is 4.39 Å². The number of aryl methyl sites for hydroxylation is 1. The molecule has 0 amide bonds. The molecule has 1 aliphatic rings. The van der Waals surface area contributed by atoms with E-state index in [-0.39, 0.29) is 0 Å². The summed E-state index contributed by atoms with van der Waals surface area (Å²) in [7, 11) is 0. The van der Waals surface area contributed by atoms with Crippen LogP contribution in [0.15, 0.2) is 24.4 Å². The van der Waals surface area contributed by atoms with Gasteiger partial charge in [-0.3, -0.25) is 0 Å². The van der Waals surface area contributed by atoms with Crippen molar-refractivity contribution in [1.82, 2.24) is 9.97 Å². The van der Waals surface area contributed by atoms with Crippen LogP contribution < -0.4 is 5.32 Å². The highest BCUT2D eigenvalue weighted by Crippen LogP contribution is 2.28. The number of anilines is 1. The smallest absolute Gasteiger partial charge is 0.213 e. The van der Waals surface area contributed by atoms with E-state index in [0.717, 1.165) is 44.0 Å². The standard InChI is InChI=1S/C17H19ClFN3O/c1-11-2-3-15(13-8-16(19)20-10-14(13)18)22-17(11)21-9-12-4-6-23-7-5-12/h2-3,8,10,12H,4-7,9H2,1H3,(H,21,22). The van der Waals surface area contributed by atoms with E-state index in [1.54, 1.807) is 0 Å². The number of hydrogen-bond donors (Lipinski definition) is 1. The minimum Gasteiger partial charge on any atom is -0.381 e. The molecule has 4 nitrogen and oxygen atoms in total. The van der Waals surface area contributed by atoms with Gasteiger partial charge in [-0.25, -0.2) is 9.97 Å². The van der Waals surface area contributed by atoms with Crippen LogP contribution in [0.5, 0.6) is 0 Å². The number of nitrogens with one attached hydrogen (secondary N) is 1. The molecular formula is C17H19ClFN3O. The van der Waals surface area contributed by atoms with Crippen molar-refractivity contribution in [3.8, 4) is 11.3 Å². The van der Waals surface area contributed by atoms with Crippen LogP contribution in [-0.2, 0) is 4.74 Å². The molecule has 0 unspecified atom stereocenters. The Morgan fingerprint density at radius 1 is 1.35 bits per heavy atom. The molecule has 0 spiro atoms. The van der Waals surface area contributed by atoms with E-state index < -0.39 is 5.95 Å². The SMILES string of the molecule is Cc1ccc(-c2cc(F)ncc2Cl)nc1NCC1CCOCC1. The summed E-state index contributed by atoms with van der Waals surface area (Å²) in [4.78, 5) is 8.16. The molecule has 1 N–H and O–H groups in total. The first kappa shape index (κ1) is 16.1. The van der Waals surface area contributed by atoms with Gasteiger partial charge in [0, 0.05) is 37.6 Å². The van der Waals surface area contributed by atoms with Gasteiger partial charge in [-0.1, -0.05) is 17.7 Å². The van der Waals surface area contributed by atoms with Crippen LogP contribution >= 0.6 is 11.6 Å². The monoisotopic (exact) mass is 335 g/mol. The number of hydrogen-bond acceptors (Lipinski definition) is 4. The molecular weight excluding hydrogens is 317 g/mol. The van der Waals surface area contributed by atoms with Crippen LogP contribution in [0, 0.1) is 18.8 Å². The molecule has 0 radical (unpaired) electrons. The zero-order chi connectivity index (χ0) is 16.2. The van der Waals surface area contributed by atoms with E-state index in [4.69, 9.17) is 16.3 Å². The molecule has 3 heterocycles. The molecule has 122 valence electrons. The van der Waals surface area contributed by atoms with Crippen molar-refractivity contribution in [3.63, 3.8) is 0 Å². The van der Waals surface area contributed by atoms with Crippen molar-refractivity contribution in [2.24, 2.45) is 5.92 Å². The normalized spacial score (nSPS) is 15.6. The van der Waals surface area contributed by atoms with E-state index in [1.165, 1.54) is 12.3 Å².